The Bertz CT molecular complexity index is 704. The first-order valence-electron chi connectivity index (χ1n) is 7.86. The lowest BCUT2D eigenvalue weighted by atomic mass is 9.99. The third kappa shape index (κ3) is 4.25. The fraction of sp³-hybridized carbons (Fsp3) is 0.316. The Labute approximate surface area is 143 Å². The molecular weight excluding hydrogens is 300 g/mol. The molecule has 0 saturated carbocycles. The molecule has 0 saturated heterocycles. The quantitative estimate of drug-likeness (QED) is 0.819. The van der Waals surface area contributed by atoms with Gasteiger partial charge >= 0.3 is 0 Å². The average Bonchev–Trinajstić information content (AvgIpc) is 2.60. The number of anilines is 1. The van der Waals surface area contributed by atoms with Gasteiger partial charge in [-0.25, -0.2) is 0 Å². The van der Waals surface area contributed by atoms with Gasteiger partial charge in [0.15, 0.2) is 0 Å². The maximum absolute atomic E-state index is 9.35. The monoisotopic (exact) mass is 324 g/mol. The standard InChI is InChI=1S/C19H24N4O/c1-23(2)19(12-21)14-4-5-15(11-20)16(10-14)13-22-17-6-8-18(24-3)9-7-17/h4-10,19,22H,12-13,21H2,1-3H3. The van der Waals surface area contributed by atoms with Crippen LogP contribution < -0.4 is 15.8 Å². The Morgan fingerprint density at radius 3 is 2.46 bits per heavy atom. The van der Waals surface area contributed by atoms with Crippen molar-refractivity contribution in [3.05, 3.63) is 59.2 Å². The smallest absolute Gasteiger partial charge is 0.119 e. The molecule has 5 heteroatoms. The summed E-state index contributed by atoms with van der Waals surface area (Å²) in [4.78, 5) is 2.09. The minimum absolute atomic E-state index is 0.137. The normalized spacial score (nSPS) is 11.8. The van der Waals surface area contributed by atoms with Crippen LogP contribution in [0.1, 0.15) is 22.7 Å². The highest BCUT2D eigenvalue weighted by Gasteiger charge is 2.14. The minimum Gasteiger partial charge on any atom is -0.497 e. The molecule has 5 nitrogen and oxygen atoms in total. The van der Waals surface area contributed by atoms with Crippen molar-refractivity contribution in [1.29, 1.82) is 5.26 Å². The number of nitrogens with one attached hydrogen (secondary N) is 1. The van der Waals surface area contributed by atoms with Crippen molar-refractivity contribution < 1.29 is 4.74 Å². The number of methoxy groups -OCH3 is 1. The second kappa shape index (κ2) is 8.34. The molecule has 126 valence electrons. The van der Waals surface area contributed by atoms with Gasteiger partial charge in [0.2, 0.25) is 0 Å². The van der Waals surface area contributed by atoms with Crippen molar-refractivity contribution in [3.8, 4) is 11.8 Å². The predicted molar refractivity (Wildman–Crippen MR) is 97.0 cm³/mol. The van der Waals surface area contributed by atoms with Crippen LogP contribution in [-0.2, 0) is 6.54 Å². The van der Waals surface area contributed by atoms with Crippen LogP contribution in [-0.4, -0.2) is 32.6 Å². The third-order valence-electron chi connectivity index (χ3n) is 4.05. The molecule has 0 bridgehead atoms. The molecular formula is C19H24N4O. The van der Waals surface area contributed by atoms with E-state index in [2.05, 4.69) is 22.4 Å². The van der Waals surface area contributed by atoms with E-state index in [1.165, 1.54) is 0 Å². The number of hydrogen-bond donors (Lipinski definition) is 2. The van der Waals surface area contributed by atoms with Crippen molar-refractivity contribution >= 4 is 5.69 Å². The molecule has 2 aromatic carbocycles. The molecule has 1 atom stereocenters. The van der Waals surface area contributed by atoms with Gasteiger partial charge in [-0.2, -0.15) is 5.26 Å². The first-order chi connectivity index (χ1) is 11.6. The first kappa shape index (κ1) is 17.8. The van der Waals surface area contributed by atoms with Crippen LogP contribution in [0, 0.1) is 11.3 Å². The fourth-order valence-electron chi connectivity index (χ4n) is 2.63. The third-order valence-corrected chi connectivity index (χ3v) is 4.05. The summed E-state index contributed by atoms with van der Waals surface area (Å²) in [5, 5.41) is 12.7. The minimum atomic E-state index is 0.137. The molecule has 0 fully saturated rings. The summed E-state index contributed by atoms with van der Waals surface area (Å²) in [6, 6.07) is 16.0. The molecule has 1 unspecified atom stereocenters. The molecule has 0 heterocycles. The molecule has 24 heavy (non-hydrogen) atoms. The molecule has 3 N–H and O–H groups in total. The molecule has 0 aliphatic heterocycles. The average molecular weight is 324 g/mol. The zero-order chi connectivity index (χ0) is 17.5. The van der Waals surface area contributed by atoms with Crippen LogP contribution in [0.25, 0.3) is 0 Å². The molecule has 0 radical (unpaired) electrons. The van der Waals surface area contributed by atoms with Gasteiger partial charge in [-0.3, -0.25) is 0 Å². The number of benzene rings is 2. The number of rotatable bonds is 7. The van der Waals surface area contributed by atoms with Crippen molar-refractivity contribution in [2.45, 2.75) is 12.6 Å². The number of likely N-dealkylation sites (N-methyl/N-ethyl adjacent to an activating group) is 1. The number of hydrogen-bond acceptors (Lipinski definition) is 5. The topological polar surface area (TPSA) is 74.3 Å². The summed E-state index contributed by atoms with van der Waals surface area (Å²) in [6.45, 7) is 1.11. The number of ether oxygens (including phenoxy) is 1. The molecule has 0 aliphatic rings. The van der Waals surface area contributed by atoms with Gasteiger partial charge in [0, 0.05) is 24.8 Å². The second-order valence-corrected chi connectivity index (χ2v) is 5.83. The Balaban J connectivity index is 2.19. The van der Waals surface area contributed by atoms with Crippen molar-refractivity contribution in [2.75, 3.05) is 33.1 Å². The SMILES string of the molecule is COc1ccc(NCc2cc(C(CN)N(C)C)ccc2C#N)cc1. The van der Waals surface area contributed by atoms with Crippen LogP contribution in [0.15, 0.2) is 42.5 Å². The van der Waals surface area contributed by atoms with Crippen LogP contribution in [0.4, 0.5) is 5.69 Å². The first-order valence-corrected chi connectivity index (χ1v) is 7.86. The number of nitrogens with two attached hydrogens (primary N) is 1. The van der Waals surface area contributed by atoms with E-state index < -0.39 is 0 Å². The van der Waals surface area contributed by atoms with E-state index in [1.54, 1.807) is 7.11 Å². The Kier molecular flexibility index (Phi) is 6.19. The summed E-state index contributed by atoms with van der Waals surface area (Å²) in [7, 11) is 5.65. The second-order valence-electron chi connectivity index (χ2n) is 5.83. The summed E-state index contributed by atoms with van der Waals surface area (Å²) in [5.41, 5.74) is 9.62. The summed E-state index contributed by atoms with van der Waals surface area (Å²) in [6.07, 6.45) is 0. The molecule has 0 aromatic heterocycles. The predicted octanol–water partition coefficient (Wildman–Crippen LogP) is 2.74. The molecule has 2 rings (SSSR count). The number of nitrogens with zero attached hydrogens (tertiary/aromatic N) is 2. The van der Waals surface area contributed by atoms with Crippen molar-refractivity contribution in [2.24, 2.45) is 5.73 Å². The lowest BCUT2D eigenvalue weighted by Gasteiger charge is -2.24. The lowest BCUT2D eigenvalue weighted by Crippen LogP contribution is -2.27. The Morgan fingerprint density at radius 2 is 1.92 bits per heavy atom. The Hall–Kier alpha value is -2.55. The van der Waals surface area contributed by atoms with Crippen LogP contribution >= 0.6 is 0 Å². The van der Waals surface area contributed by atoms with Crippen LogP contribution in [0.3, 0.4) is 0 Å². The van der Waals surface area contributed by atoms with E-state index in [4.69, 9.17) is 10.5 Å². The maximum Gasteiger partial charge on any atom is 0.119 e. The molecule has 0 spiro atoms. The van der Waals surface area contributed by atoms with Crippen LogP contribution in [0.5, 0.6) is 5.75 Å². The van der Waals surface area contributed by atoms with Gasteiger partial charge in [0.05, 0.1) is 18.7 Å². The van der Waals surface area contributed by atoms with Crippen molar-refractivity contribution in [1.82, 2.24) is 4.90 Å². The van der Waals surface area contributed by atoms with Gasteiger partial charge in [0.1, 0.15) is 5.75 Å². The molecule has 0 aliphatic carbocycles. The van der Waals surface area contributed by atoms with Crippen LogP contribution in [0.2, 0.25) is 0 Å². The van der Waals surface area contributed by atoms with E-state index in [1.807, 2.05) is 50.5 Å². The zero-order valence-electron chi connectivity index (χ0n) is 14.4. The molecule has 0 amide bonds. The van der Waals surface area contributed by atoms with Gasteiger partial charge in [-0.15, -0.1) is 0 Å². The largest absolute Gasteiger partial charge is 0.497 e. The van der Waals surface area contributed by atoms with E-state index in [0.717, 1.165) is 22.6 Å². The maximum atomic E-state index is 9.35. The van der Waals surface area contributed by atoms with Gasteiger partial charge < -0.3 is 20.7 Å². The summed E-state index contributed by atoms with van der Waals surface area (Å²) < 4.78 is 5.16. The zero-order valence-corrected chi connectivity index (χ0v) is 14.4. The fourth-order valence-corrected chi connectivity index (χ4v) is 2.63. The highest BCUT2D eigenvalue weighted by molar-refractivity contribution is 5.49. The van der Waals surface area contributed by atoms with E-state index in [-0.39, 0.29) is 6.04 Å². The van der Waals surface area contributed by atoms with E-state index in [0.29, 0.717) is 18.7 Å². The summed E-state index contributed by atoms with van der Waals surface area (Å²) >= 11 is 0. The highest BCUT2D eigenvalue weighted by atomic mass is 16.5. The van der Waals surface area contributed by atoms with Gasteiger partial charge in [-0.05, 0) is 55.6 Å². The Morgan fingerprint density at radius 1 is 1.21 bits per heavy atom. The number of nitriles is 1. The lowest BCUT2D eigenvalue weighted by molar-refractivity contribution is 0.306. The van der Waals surface area contributed by atoms with Crippen molar-refractivity contribution in [3.63, 3.8) is 0 Å². The molecule has 2 aromatic rings. The van der Waals surface area contributed by atoms with Gasteiger partial charge in [0.25, 0.3) is 0 Å². The summed E-state index contributed by atoms with van der Waals surface area (Å²) in [5.74, 6) is 0.817. The highest BCUT2D eigenvalue weighted by Crippen LogP contribution is 2.22. The van der Waals surface area contributed by atoms with E-state index in [9.17, 15) is 5.26 Å². The van der Waals surface area contributed by atoms with Gasteiger partial charge in [-0.1, -0.05) is 12.1 Å². The van der Waals surface area contributed by atoms with E-state index >= 15 is 0 Å².